The molecule has 118 valence electrons. The lowest BCUT2D eigenvalue weighted by Gasteiger charge is -2.31. The van der Waals surface area contributed by atoms with Gasteiger partial charge in [0.2, 0.25) is 0 Å². The van der Waals surface area contributed by atoms with Gasteiger partial charge in [0.15, 0.2) is 8.32 Å². The molecule has 0 atom stereocenters. The van der Waals surface area contributed by atoms with Gasteiger partial charge in [0.05, 0.1) is 5.56 Å². The summed E-state index contributed by atoms with van der Waals surface area (Å²) >= 11 is 0. The Balaban J connectivity index is 2.72. The molecule has 1 N–H and O–H groups in total. The molecular formula is C17H28O3Si. The molecule has 0 saturated carbocycles. The molecular weight excluding hydrogens is 280 g/mol. The Kier molecular flexibility index (Phi) is 7.68. The molecule has 0 aromatic heterocycles. The molecule has 0 aliphatic heterocycles. The molecule has 0 bridgehead atoms. The fourth-order valence-electron chi connectivity index (χ4n) is 3.00. The summed E-state index contributed by atoms with van der Waals surface area (Å²) in [6.45, 7) is 7.37. The second-order valence-electron chi connectivity index (χ2n) is 5.62. The number of aromatic carboxylic acids is 1. The van der Waals surface area contributed by atoms with Crippen LogP contribution in [0.3, 0.4) is 0 Å². The van der Waals surface area contributed by atoms with E-state index in [2.05, 4.69) is 20.8 Å². The lowest BCUT2D eigenvalue weighted by atomic mass is 10.1. The van der Waals surface area contributed by atoms with Gasteiger partial charge in [0, 0.05) is 6.61 Å². The first-order valence-electron chi connectivity index (χ1n) is 8.03. The van der Waals surface area contributed by atoms with Gasteiger partial charge >= 0.3 is 5.97 Å². The number of benzene rings is 1. The summed E-state index contributed by atoms with van der Waals surface area (Å²) in [5.41, 5.74) is 1.57. The number of aryl methyl sites for hydroxylation is 1. The molecule has 0 saturated heterocycles. The van der Waals surface area contributed by atoms with Crippen molar-refractivity contribution in [3.63, 3.8) is 0 Å². The van der Waals surface area contributed by atoms with Gasteiger partial charge in [-0.1, -0.05) is 38.8 Å². The average Bonchev–Trinajstić information content (AvgIpc) is 2.46. The highest BCUT2D eigenvalue weighted by Crippen LogP contribution is 2.27. The van der Waals surface area contributed by atoms with E-state index >= 15 is 0 Å². The van der Waals surface area contributed by atoms with Crippen molar-refractivity contribution in [1.82, 2.24) is 0 Å². The summed E-state index contributed by atoms with van der Waals surface area (Å²) in [5, 5.41) is 8.93. The van der Waals surface area contributed by atoms with Crippen molar-refractivity contribution in [3.05, 3.63) is 35.4 Å². The maximum atomic E-state index is 10.9. The van der Waals surface area contributed by atoms with Gasteiger partial charge in [-0.15, -0.1) is 0 Å². The number of carboxylic acids is 1. The van der Waals surface area contributed by atoms with Crippen molar-refractivity contribution in [2.75, 3.05) is 6.61 Å². The Bertz CT molecular complexity index is 411. The molecule has 4 heteroatoms. The molecule has 1 aromatic carbocycles. The Morgan fingerprint density at radius 1 is 1.05 bits per heavy atom. The third-order valence-electron chi connectivity index (χ3n) is 3.93. The zero-order chi connectivity index (χ0) is 15.7. The van der Waals surface area contributed by atoms with E-state index in [1.54, 1.807) is 12.1 Å². The number of hydrogen-bond acceptors (Lipinski definition) is 2. The Morgan fingerprint density at radius 2 is 1.62 bits per heavy atom. The van der Waals surface area contributed by atoms with Gasteiger partial charge in [-0.2, -0.15) is 0 Å². The van der Waals surface area contributed by atoms with Crippen molar-refractivity contribution in [3.8, 4) is 0 Å². The molecule has 1 aromatic rings. The van der Waals surface area contributed by atoms with Crippen LogP contribution in [-0.2, 0) is 10.8 Å². The summed E-state index contributed by atoms with van der Waals surface area (Å²) in [6.07, 6.45) is 3.36. The lowest BCUT2D eigenvalue weighted by Crippen LogP contribution is -2.38. The van der Waals surface area contributed by atoms with E-state index in [-0.39, 0.29) is 0 Å². The van der Waals surface area contributed by atoms with E-state index in [9.17, 15) is 4.79 Å². The zero-order valence-corrected chi connectivity index (χ0v) is 14.5. The molecule has 0 radical (unpaired) electrons. The van der Waals surface area contributed by atoms with Crippen LogP contribution in [0.5, 0.6) is 0 Å². The van der Waals surface area contributed by atoms with Crippen molar-refractivity contribution < 1.29 is 14.3 Å². The number of hydrogen-bond donors (Lipinski definition) is 1. The van der Waals surface area contributed by atoms with Gasteiger partial charge in [0.25, 0.3) is 0 Å². The van der Waals surface area contributed by atoms with E-state index in [1.165, 1.54) is 30.5 Å². The Hall–Kier alpha value is -1.13. The summed E-state index contributed by atoms with van der Waals surface area (Å²) in [4.78, 5) is 10.9. The van der Waals surface area contributed by atoms with Crippen LogP contribution in [0.1, 0.15) is 49.5 Å². The van der Waals surface area contributed by atoms with Crippen LogP contribution < -0.4 is 0 Å². The van der Waals surface area contributed by atoms with Crippen LogP contribution >= 0.6 is 0 Å². The smallest absolute Gasteiger partial charge is 0.335 e. The van der Waals surface area contributed by atoms with E-state index in [0.717, 1.165) is 19.1 Å². The van der Waals surface area contributed by atoms with Gasteiger partial charge in [-0.25, -0.2) is 4.79 Å². The second-order valence-corrected chi connectivity index (χ2v) is 9.77. The standard InChI is InChI=1S/C17H28O3Si/c1-4-12-21(13-5-2,20-6-3)14-11-15-7-9-16(10-8-15)17(18)19/h7-10H,4-6,11-14H2,1-3H3,(H,18,19). The maximum Gasteiger partial charge on any atom is 0.335 e. The van der Waals surface area contributed by atoms with Crippen LogP contribution in [-0.4, -0.2) is 26.0 Å². The SMILES string of the molecule is CCC[Si](CCC)(CCc1ccc(C(=O)O)cc1)OCC. The molecule has 0 heterocycles. The second kappa shape index (κ2) is 9.00. The summed E-state index contributed by atoms with van der Waals surface area (Å²) in [7, 11) is -1.63. The van der Waals surface area contributed by atoms with Crippen LogP contribution in [0, 0.1) is 0 Å². The normalized spacial score (nSPS) is 11.6. The molecule has 0 fully saturated rings. The molecule has 0 aliphatic carbocycles. The number of carbonyl (C=O) groups is 1. The van der Waals surface area contributed by atoms with Gasteiger partial charge in [-0.3, -0.25) is 0 Å². The predicted octanol–water partition coefficient (Wildman–Crippen LogP) is 4.73. The minimum Gasteiger partial charge on any atom is -0.478 e. The molecule has 21 heavy (non-hydrogen) atoms. The van der Waals surface area contributed by atoms with E-state index in [0.29, 0.717) is 5.56 Å². The summed E-state index contributed by atoms with van der Waals surface area (Å²) in [6, 6.07) is 10.8. The fraction of sp³-hybridized carbons (Fsp3) is 0.588. The van der Waals surface area contributed by atoms with E-state index < -0.39 is 14.3 Å². The average molecular weight is 308 g/mol. The van der Waals surface area contributed by atoms with Gasteiger partial charge < -0.3 is 9.53 Å². The summed E-state index contributed by atoms with van der Waals surface area (Å²) < 4.78 is 6.24. The van der Waals surface area contributed by atoms with Crippen molar-refractivity contribution in [2.45, 2.75) is 58.2 Å². The van der Waals surface area contributed by atoms with Crippen molar-refractivity contribution in [2.24, 2.45) is 0 Å². The van der Waals surface area contributed by atoms with Crippen LogP contribution in [0.25, 0.3) is 0 Å². The van der Waals surface area contributed by atoms with Crippen LogP contribution in [0.15, 0.2) is 24.3 Å². The highest BCUT2D eigenvalue weighted by atomic mass is 28.4. The molecule has 1 rings (SSSR count). The van der Waals surface area contributed by atoms with Crippen LogP contribution in [0.4, 0.5) is 0 Å². The minimum atomic E-state index is -1.63. The highest BCUT2D eigenvalue weighted by molar-refractivity contribution is 6.73. The third-order valence-corrected chi connectivity index (χ3v) is 8.82. The Morgan fingerprint density at radius 3 is 2.05 bits per heavy atom. The first-order valence-corrected chi connectivity index (χ1v) is 10.6. The third kappa shape index (κ3) is 5.63. The molecule has 0 unspecified atom stereocenters. The highest BCUT2D eigenvalue weighted by Gasteiger charge is 2.32. The Labute approximate surface area is 129 Å². The maximum absolute atomic E-state index is 10.9. The largest absolute Gasteiger partial charge is 0.478 e. The first kappa shape index (κ1) is 17.9. The first-order chi connectivity index (χ1) is 10.1. The van der Waals surface area contributed by atoms with Crippen LogP contribution in [0.2, 0.25) is 18.1 Å². The molecule has 0 amide bonds. The fourth-order valence-corrected chi connectivity index (χ4v) is 7.36. The molecule has 0 spiro atoms. The zero-order valence-electron chi connectivity index (χ0n) is 13.5. The van der Waals surface area contributed by atoms with Crippen molar-refractivity contribution >= 4 is 14.3 Å². The number of carboxylic acid groups (broad SMARTS) is 1. The van der Waals surface area contributed by atoms with Crippen molar-refractivity contribution in [1.29, 1.82) is 0 Å². The predicted molar refractivity (Wildman–Crippen MR) is 89.5 cm³/mol. The van der Waals surface area contributed by atoms with E-state index in [4.69, 9.17) is 9.53 Å². The molecule has 3 nitrogen and oxygen atoms in total. The molecule has 0 aliphatic rings. The topological polar surface area (TPSA) is 46.5 Å². The quantitative estimate of drug-likeness (QED) is 0.636. The van der Waals surface area contributed by atoms with Gasteiger partial charge in [-0.05, 0) is 49.2 Å². The lowest BCUT2D eigenvalue weighted by molar-refractivity contribution is 0.0697. The van der Waals surface area contributed by atoms with E-state index in [1.807, 2.05) is 12.1 Å². The minimum absolute atomic E-state index is 0.356. The van der Waals surface area contributed by atoms with Gasteiger partial charge in [0.1, 0.15) is 0 Å². The summed E-state index contributed by atoms with van der Waals surface area (Å²) in [5.74, 6) is -0.864. The number of rotatable bonds is 10. The monoisotopic (exact) mass is 308 g/mol.